The molecule has 2 saturated heterocycles. The van der Waals surface area contributed by atoms with Crippen LogP contribution in [0.4, 0.5) is 0 Å². The molecule has 2 heterocycles. The number of rotatable bonds is 7. The zero-order chi connectivity index (χ0) is 23.2. The zero-order valence-electron chi connectivity index (χ0n) is 19.2. The summed E-state index contributed by atoms with van der Waals surface area (Å²) in [7, 11) is 1.66. The van der Waals surface area contributed by atoms with Gasteiger partial charge in [0.1, 0.15) is 11.9 Å². The molecule has 174 valence electrons. The summed E-state index contributed by atoms with van der Waals surface area (Å²) in [6.07, 6.45) is 3.61. The van der Waals surface area contributed by atoms with Crippen LogP contribution in [0, 0.1) is 5.92 Å². The molecular formula is C27H32N2O4. The average Bonchev–Trinajstić information content (AvgIpc) is 3.34. The van der Waals surface area contributed by atoms with Gasteiger partial charge in [-0.25, -0.2) is 0 Å². The Balaban J connectivity index is 1.56. The molecule has 2 amide bonds. The molecule has 2 aromatic carbocycles. The number of hydrogen-bond acceptors (Lipinski definition) is 4. The molecule has 2 aliphatic heterocycles. The first kappa shape index (κ1) is 23.1. The minimum absolute atomic E-state index is 0.0101. The summed E-state index contributed by atoms with van der Waals surface area (Å²) < 4.78 is 11.0. The number of hydrogen-bond donors (Lipinski definition) is 0. The predicted octanol–water partition coefficient (Wildman–Crippen LogP) is 3.56. The molecule has 0 saturated carbocycles. The van der Waals surface area contributed by atoms with E-state index in [4.69, 9.17) is 9.47 Å². The summed E-state index contributed by atoms with van der Waals surface area (Å²) in [4.78, 5) is 30.1. The monoisotopic (exact) mass is 448 g/mol. The second-order valence-electron chi connectivity index (χ2n) is 8.69. The molecule has 0 spiro atoms. The van der Waals surface area contributed by atoms with E-state index < -0.39 is 0 Å². The highest BCUT2D eigenvalue weighted by Gasteiger charge is 2.35. The Morgan fingerprint density at radius 3 is 2.70 bits per heavy atom. The number of ether oxygens (including phenoxy) is 2. The van der Waals surface area contributed by atoms with Gasteiger partial charge in [0.15, 0.2) is 0 Å². The minimum atomic E-state index is -0.372. The Kier molecular flexibility index (Phi) is 7.45. The number of carbonyl (C=O) groups excluding carboxylic acids is 2. The summed E-state index contributed by atoms with van der Waals surface area (Å²) in [6, 6.07) is 16.2. The molecule has 0 radical (unpaired) electrons. The van der Waals surface area contributed by atoms with Gasteiger partial charge in [0, 0.05) is 32.8 Å². The van der Waals surface area contributed by atoms with E-state index in [-0.39, 0.29) is 23.8 Å². The first-order valence-corrected chi connectivity index (χ1v) is 11.6. The van der Waals surface area contributed by atoms with E-state index in [2.05, 4.69) is 18.7 Å². The highest BCUT2D eigenvalue weighted by molar-refractivity contribution is 5.84. The second kappa shape index (κ2) is 10.7. The summed E-state index contributed by atoms with van der Waals surface area (Å²) in [5.74, 6) is 0.582. The van der Waals surface area contributed by atoms with Gasteiger partial charge >= 0.3 is 0 Å². The summed E-state index contributed by atoms with van der Waals surface area (Å²) >= 11 is 0. The third-order valence-electron chi connectivity index (χ3n) is 6.42. The molecule has 2 atom stereocenters. The third-order valence-corrected chi connectivity index (χ3v) is 6.42. The molecule has 2 aromatic rings. The molecule has 6 nitrogen and oxygen atoms in total. The molecule has 4 rings (SSSR count). The van der Waals surface area contributed by atoms with Crippen LogP contribution in [0.2, 0.25) is 0 Å². The largest absolute Gasteiger partial charge is 0.497 e. The number of nitrogens with zero attached hydrogens (tertiary/aromatic N) is 2. The number of amides is 2. The molecule has 0 aromatic heterocycles. The van der Waals surface area contributed by atoms with Crippen LogP contribution < -0.4 is 4.74 Å². The fraction of sp³-hybridized carbons (Fsp3) is 0.407. The first-order valence-electron chi connectivity index (χ1n) is 11.6. The zero-order valence-corrected chi connectivity index (χ0v) is 19.2. The molecule has 2 aliphatic rings. The Hall–Kier alpha value is -3.12. The quantitative estimate of drug-likeness (QED) is 0.608. The maximum atomic E-state index is 13.4. The fourth-order valence-electron chi connectivity index (χ4n) is 4.68. The number of methoxy groups -OCH3 is 1. The molecule has 2 fully saturated rings. The smallest absolute Gasteiger partial charge is 0.251 e. The van der Waals surface area contributed by atoms with Crippen LogP contribution in [0.3, 0.4) is 0 Å². The van der Waals surface area contributed by atoms with Crippen LogP contribution >= 0.6 is 0 Å². The van der Waals surface area contributed by atoms with E-state index in [9.17, 15) is 9.59 Å². The van der Waals surface area contributed by atoms with Crippen molar-refractivity contribution in [1.82, 2.24) is 9.80 Å². The minimum Gasteiger partial charge on any atom is -0.497 e. The van der Waals surface area contributed by atoms with Crippen molar-refractivity contribution in [3.05, 3.63) is 66.7 Å². The summed E-state index contributed by atoms with van der Waals surface area (Å²) in [5.41, 5.74) is 3.20. The van der Waals surface area contributed by atoms with Crippen molar-refractivity contribution in [1.29, 1.82) is 0 Å². The Bertz CT molecular complexity index is 999. The van der Waals surface area contributed by atoms with Crippen LogP contribution in [0.5, 0.6) is 5.75 Å². The molecule has 0 aliphatic carbocycles. The summed E-state index contributed by atoms with van der Waals surface area (Å²) in [5, 5.41) is 0. The second-order valence-corrected chi connectivity index (χ2v) is 8.69. The molecular weight excluding hydrogens is 416 g/mol. The van der Waals surface area contributed by atoms with E-state index in [1.165, 1.54) is 0 Å². The van der Waals surface area contributed by atoms with E-state index in [0.717, 1.165) is 35.3 Å². The van der Waals surface area contributed by atoms with Crippen molar-refractivity contribution < 1.29 is 19.1 Å². The number of benzene rings is 2. The van der Waals surface area contributed by atoms with Gasteiger partial charge in [-0.05, 0) is 48.1 Å². The fourth-order valence-corrected chi connectivity index (χ4v) is 4.68. The van der Waals surface area contributed by atoms with Crippen molar-refractivity contribution in [3.63, 3.8) is 0 Å². The summed E-state index contributed by atoms with van der Waals surface area (Å²) in [6.45, 7) is 6.37. The lowest BCUT2D eigenvalue weighted by Crippen LogP contribution is -2.42. The Labute approximate surface area is 195 Å². The Morgan fingerprint density at radius 2 is 1.97 bits per heavy atom. The average molecular weight is 449 g/mol. The van der Waals surface area contributed by atoms with E-state index in [1.54, 1.807) is 13.2 Å². The molecule has 33 heavy (non-hydrogen) atoms. The van der Waals surface area contributed by atoms with Gasteiger partial charge in [-0.15, -0.1) is 6.58 Å². The lowest BCUT2D eigenvalue weighted by Gasteiger charge is -2.25. The van der Waals surface area contributed by atoms with Gasteiger partial charge in [0.25, 0.3) is 5.91 Å². The van der Waals surface area contributed by atoms with E-state index in [1.807, 2.05) is 46.2 Å². The van der Waals surface area contributed by atoms with E-state index >= 15 is 0 Å². The lowest BCUT2D eigenvalue weighted by molar-refractivity contribution is -0.141. The van der Waals surface area contributed by atoms with Crippen molar-refractivity contribution >= 4 is 11.8 Å². The normalized spacial score (nSPS) is 21.1. The maximum absolute atomic E-state index is 13.4. The Morgan fingerprint density at radius 1 is 1.18 bits per heavy atom. The predicted molar refractivity (Wildman–Crippen MR) is 128 cm³/mol. The van der Waals surface area contributed by atoms with Crippen molar-refractivity contribution in [2.75, 3.05) is 39.9 Å². The van der Waals surface area contributed by atoms with Crippen LogP contribution in [0.25, 0.3) is 11.1 Å². The molecule has 6 heteroatoms. The lowest BCUT2D eigenvalue weighted by atomic mass is 9.94. The molecule has 0 unspecified atom stereocenters. The third kappa shape index (κ3) is 5.45. The number of carbonyl (C=O) groups is 2. The maximum Gasteiger partial charge on any atom is 0.251 e. The van der Waals surface area contributed by atoms with Crippen molar-refractivity contribution in [2.45, 2.75) is 25.4 Å². The van der Waals surface area contributed by atoms with Crippen LogP contribution in [-0.4, -0.2) is 67.6 Å². The standard InChI is InChI=1S/C27H32N2O4/c1-3-12-28-13-14-29(27(31)25-11-6-15-33-25)19-23(26(28)30)17-20-7-4-8-21(16-20)22-9-5-10-24(18-22)32-2/h3-5,7-10,16,18,23,25H,1,6,11-15,17,19H2,2H3/t23-,25-/m0/s1. The SMILES string of the molecule is C=CCN1CCN(C(=O)[C@@H]2CCCO2)C[C@H](Cc2cccc(-c3cccc(OC)c3)c2)C1=O. The molecule has 0 bridgehead atoms. The molecule has 0 N–H and O–H groups in total. The van der Waals surface area contributed by atoms with Gasteiger partial charge in [-0.3, -0.25) is 9.59 Å². The van der Waals surface area contributed by atoms with Crippen LogP contribution in [0.15, 0.2) is 61.2 Å². The highest BCUT2D eigenvalue weighted by atomic mass is 16.5. The van der Waals surface area contributed by atoms with Crippen LogP contribution in [0.1, 0.15) is 18.4 Å². The van der Waals surface area contributed by atoms with E-state index in [0.29, 0.717) is 39.2 Å². The van der Waals surface area contributed by atoms with Gasteiger partial charge in [0.05, 0.1) is 13.0 Å². The van der Waals surface area contributed by atoms with Gasteiger partial charge in [0.2, 0.25) is 5.91 Å². The van der Waals surface area contributed by atoms with Gasteiger partial charge < -0.3 is 19.3 Å². The van der Waals surface area contributed by atoms with Gasteiger partial charge in [-0.1, -0.05) is 42.5 Å². The van der Waals surface area contributed by atoms with Gasteiger partial charge in [-0.2, -0.15) is 0 Å². The van der Waals surface area contributed by atoms with Crippen LogP contribution in [-0.2, 0) is 20.7 Å². The highest BCUT2D eigenvalue weighted by Crippen LogP contribution is 2.26. The van der Waals surface area contributed by atoms with Crippen molar-refractivity contribution in [3.8, 4) is 16.9 Å². The first-order chi connectivity index (χ1) is 16.1. The topological polar surface area (TPSA) is 59.1 Å². The van der Waals surface area contributed by atoms with Crippen molar-refractivity contribution in [2.24, 2.45) is 5.92 Å².